The zero-order valence-corrected chi connectivity index (χ0v) is 19.2. The molecule has 2 aliphatic rings. The van der Waals surface area contributed by atoms with Crippen LogP contribution in [0, 0.1) is 10.1 Å². The standard InChI is InChI=1S/C28H17N5O4/c34-26-21-10-4-6-12-23(21)29-27-28(22-11-5-7-13-24(22)31(26)27)32(19-8-2-1-3-9-19)30-25(37-28)18-14-16-20(17-15-18)33(35)36/h1-17H. The van der Waals surface area contributed by atoms with Crippen LogP contribution in [0.4, 0.5) is 11.4 Å². The Kier molecular flexibility index (Phi) is 4.31. The zero-order chi connectivity index (χ0) is 25.1. The first kappa shape index (κ1) is 21.0. The number of nitrogens with zero attached hydrogens (tertiary/aromatic N) is 5. The first-order chi connectivity index (χ1) is 18.1. The number of non-ortho nitro benzene ring substituents is 1. The lowest BCUT2D eigenvalue weighted by Gasteiger charge is -2.32. The fourth-order valence-electron chi connectivity index (χ4n) is 4.98. The van der Waals surface area contributed by atoms with Crippen molar-refractivity contribution < 1.29 is 9.66 Å². The average molecular weight is 487 g/mol. The number of nitro benzene ring substituents is 1. The molecule has 0 saturated carbocycles. The molecule has 9 nitrogen and oxygen atoms in total. The largest absolute Gasteiger partial charge is 0.435 e. The SMILES string of the molecule is O=c1c2ccccc2nc2n1-c1ccccc1C21OC(c2ccc([N+](=O)[O-])cc2)=NN1c1ccccc1. The number of para-hydroxylation sites is 3. The Hall–Kier alpha value is -5.31. The summed E-state index contributed by atoms with van der Waals surface area (Å²) in [6, 6.07) is 30.2. The van der Waals surface area contributed by atoms with Crippen LogP contribution in [0.25, 0.3) is 16.6 Å². The smallest absolute Gasteiger partial charge is 0.291 e. The van der Waals surface area contributed by atoms with E-state index in [1.807, 2.05) is 66.7 Å². The second kappa shape index (κ2) is 7.59. The third kappa shape index (κ3) is 2.88. The van der Waals surface area contributed by atoms with Crippen molar-refractivity contribution >= 4 is 28.2 Å². The first-order valence-corrected chi connectivity index (χ1v) is 11.6. The number of nitro groups is 1. The van der Waals surface area contributed by atoms with Crippen LogP contribution in [0.5, 0.6) is 0 Å². The summed E-state index contributed by atoms with van der Waals surface area (Å²) in [5.74, 6) is 0.631. The van der Waals surface area contributed by atoms with E-state index in [0.29, 0.717) is 33.5 Å². The summed E-state index contributed by atoms with van der Waals surface area (Å²) >= 11 is 0. The molecule has 1 aromatic heterocycles. The molecule has 9 heteroatoms. The van der Waals surface area contributed by atoms with Crippen molar-refractivity contribution in [1.82, 2.24) is 9.55 Å². The van der Waals surface area contributed by atoms with Crippen LogP contribution in [0.15, 0.2) is 113 Å². The Morgan fingerprint density at radius 1 is 0.838 bits per heavy atom. The number of fused-ring (bicyclic) bond motifs is 6. The quantitative estimate of drug-likeness (QED) is 0.270. The fraction of sp³-hybridized carbons (Fsp3) is 0.0357. The molecule has 0 amide bonds. The Balaban J connectivity index is 1.52. The fourth-order valence-corrected chi connectivity index (χ4v) is 4.98. The average Bonchev–Trinajstić information content (AvgIpc) is 3.47. The molecule has 0 N–H and O–H groups in total. The molecule has 1 atom stereocenters. The first-order valence-electron chi connectivity index (χ1n) is 11.6. The van der Waals surface area contributed by atoms with Crippen molar-refractivity contribution in [3.8, 4) is 5.69 Å². The lowest BCUT2D eigenvalue weighted by Crippen LogP contribution is -2.43. The van der Waals surface area contributed by atoms with Crippen LogP contribution in [0.2, 0.25) is 0 Å². The molecule has 0 bridgehead atoms. The molecule has 1 spiro atoms. The van der Waals surface area contributed by atoms with Crippen LogP contribution in [0.1, 0.15) is 17.0 Å². The second-order valence-corrected chi connectivity index (χ2v) is 8.71. The summed E-state index contributed by atoms with van der Waals surface area (Å²) in [7, 11) is 0. The number of anilines is 1. The molecule has 2 aliphatic heterocycles. The predicted octanol–water partition coefficient (Wildman–Crippen LogP) is 4.71. The molecule has 178 valence electrons. The number of rotatable bonds is 3. The molecule has 0 saturated heterocycles. The number of hydrogen-bond acceptors (Lipinski definition) is 7. The Morgan fingerprint density at radius 3 is 2.32 bits per heavy atom. The molecule has 0 fully saturated rings. The van der Waals surface area contributed by atoms with E-state index in [1.54, 1.807) is 33.8 Å². The van der Waals surface area contributed by atoms with Gasteiger partial charge in [0.1, 0.15) is 0 Å². The van der Waals surface area contributed by atoms with Gasteiger partial charge in [0.05, 0.1) is 32.8 Å². The van der Waals surface area contributed by atoms with Gasteiger partial charge >= 0.3 is 0 Å². The lowest BCUT2D eigenvalue weighted by molar-refractivity contribution is -0.384. The maximum Gasteiger partial charge on any atom is 0.291 e. The van der Waals surface area contributed by atoms with Crippen LogP contribution in [-0.4, -0.2) is 20.4 Å². The summed E-state index contributed by atoms with van der Waals surface area (Å²) in [6.07, 6.45) is 0. The zero-order valence-electron chi connectivity index (χ0n) is 19.2. The molecule has 0 radical (unpaired) electrons. The summed E-state index contributed by atoms with van der Waals surface area (Å²) in [4.78, 5) is 29.4. The van der Waals surface area contributed by atoms with Gasteiger partial charge in [0.25, 0.3) is 17.0 Å². The van der Waals surface area contributed by atoms with Gasteiger partial charge in [-0.25, -0.2) is 9.99 Å². The summed E-state index contributed by atoms with van der Waals surface area (Å²) in [6.45, 7) is 0. The highest BCUT2D eigenvalue weighted by molar-refractivity contribution is 5.98. The molecule has 4 aromatic carbocycles. The summed E-state index contributed by atoms with van der Waals surface area (Å²) < 4.78 is 8.29. The maximum absolute atomic E-state index is 13.8. The number of aromatic nitrogens is 2. The van der Waals surface area contributed by atoms with E-state index in [4.69, 9.17) is 14.8 Å². The molecule has 7 rings (SSSR count). The van der Waals surface area contributed by atoms with Crippen molar-refractivity contribution in [2.24, 2.45) is 5.10 Å². The topological polar surface area (TPSA) is 103 Å². The second-order valence-electron chi connectivity index (χ2n) is 8.71. The Bertz CT molecular complexity index is 1820. The summed E-state index contributed by atoms with van der Waals surface area (Å²) in [5, 5.41) is 18.3. The van der Waals surface area contributed by atoms with E-state index in [2.05, 4.69) is 0 Å². The van der Waals surface area contributed by atoms with Gasteiger partial charge in [-0.3, -0.25) is 19.5 Å². The van der Waals surface area contributed by atoms with E-state index >= 15 is 0 Å². The van der Waals surface area contributed by atoms with E-state index in [0.717, 1.165) is 5.69 Å². The highest BCUT2D eigenvalue weighted by Gasteiger charge is 2.57. The van der Waals surface area contributed by atoms with E-state index in [9.17, 15) is 14.9 Å². The van der Waals surface area contributed by atoms with Gasteiger partial charge in [-0.15, -0.1) is 5.10 Å². The van der Waals surface area contributed by atoms with Gasteiger partial charge in [-0.2, -0.15) is 0 Å². The van der Waals surface area contributed by atoms with Crippen molar-refractivity contribution in [3.63, 3.8) is 0 Å². The van der Waals surface area contributed by atoms with Crippen LogP contribution in [-0.2, 0) is 10.5 Å². The Labute approximate surface area is 209 Å². The molecular formula is C28H17N5O4. The minimum atomic E-state index is -1.38. The molecule has 1 unspecified atom stereocenters. The molecular weight excluding hydrogens is 470 g/mol. The highest BCUT2D eigenvalue weighted by atomic mass is 16.6. The van der Waals surface area contributed by atoms with Gasteiger partial charge in [0.15, 0.2) is 5.82 Å². The highest BCUT2D eigenvalue weighted by Crippen LogP contribution is 2.50. The van der Waals surface area contributed by atoms with E-state index < -0.39 is 10.6 Å². The number of ether oxygens (including phenoxy) is 1. The number of benzene rings is 4. The van der Waals surface area contributed by atoms with Crippen molar-refractivity contribution in [2.75, 3.05) is 5.01 Å². The number of hydrogen-bond donors (Lipinski definition) is 0. The number of hydrazone groups is 1. The molecule has 37 heavy (non-hydrogen) atoms. The predicted molar refractivity (Wildman–Crippen MR) is 138 cm³/mol. The monoisotopic (exact) mass is 487 g/mol. The molecule has 5 aromatic rings. The van der Waals surface area contributed by atoms with Gasteiger partial charge in [0.2, 0.25) is 5.90 Å². The minimum absolute atomic E-state index is 0.0341. The molecule has 3 heterocycles. The Morgan fingerprint density at radius 2 is 1.54 bits per heavy atom. The van der Waals surface area contributed by atoms with Crippen molar-refractivity contribution in [2.45, 2.75) is 5.72 Å². The third-order valence-electron chi connectivity index (χ3n) is 6.65. The normalized spacial score (nSPS) is 17.4. The summed E-state index contributed by atoms with van der Waals surface area (Å²) in [5.41, 5.74) is 1.58. The third-order valence-corrected chi connectivity index (χ3v) is 6.65. The van der Waals surface area contributed by atoms with Gasteiger partial charge < -0.3 is 4.74 Å². The van der Waals surface area contributed by atoms with Crippen molar-refractivity contribution in [3.05, 3.63) is 141 Å². The van der Waals surface area contributed by atoms with Crippen molar-refractivity contribution in [1.29, 1.82) is 0 Å². The minimum Gasteiger partial charge on any atom is -0.435 e. The van der Waals surface area contributed by atoms with Crippen LogP contribution < -0.4 is 10.6 Å². The van der Waals surface area contributed by atoms with E-state index in [1.165, 1.54) is 12.1 Å². The van der Waals surface area contributed by atoms with Gasteiger partial charge in [0, 0.05) is 17.7 Å². The van der Waals surface area contributed by atoms with Gasteiger partial charge in [-0.1, -0.05) is 48.5 Å². The lowest BCUT2D eigenvalue weighted by atomic mass is 10.0. The van der Waals surface area contributed by atoms with E-state index in [-0.39, 0.29) is 17.1 Å². The van der Waals surface area contributed by atoms with Crippen LogP contribution >= 0.6 is 0 Å². The van der Waals surface area contributed by atoms with Gasteiger partial charge in [-0.05, 0) is 42.5 Å². The molecule has 0 aliphatic carbocycles. The van der Waals surface area contributed by atoms with Crippen LogP contribution in [0.3, 0.4) is 0 Å². The maximum atomic E-state index is 13.8.